The monoisotopic (exact) mass is 484 g/mol. The number of likely N-dealkylation sites (tertiary alicyclic amines) is 1. The van der Waals surface area contributed by atoms with E-state index in [-0.39, 0.29) is 12.3 Å². The lowest BCUT2D eigenvalue weighted by Gasteiger charge is -2.36. The fourth-order valence-electron chi connectivity index (χ4n) is 4.60. The van der Waals surface area contributed by atoms with Gasteiger partial charge < -0.3 is 14.7 Å². The van der Waals surface area contributed by atoms with Crippen LogP contribution in [0.15, 0.2) is 54.1 Å². The second kappa shape index (κ2) is 11.6. The van der Waals surface area contributed by atoms with E-state index in [0.717, 1.165) is 41.2 Å². The van der Waals surface area contributed by atoms with Crippen molar-refractivity contribution in [2.45, 2.75) is 30.5 Å². The molecule has 3 aromatic rings. The van der Waals surface area contributed by atoms with Gasteiger partial charge in [0.15, 0.2) is 0 Å². The molecule has 34 heavy (non-hydrogen) atoms. The van der Waals surface area contributed by atoms with E-state index in [9.17, 15) is 9.90 Å². The number of rotatable bonds is 10. The molecule has 0 unspecified atom stereocenters. The molecule has 1 N–H and O–H groups in total. The van der Waals surface area contributed by atoms with Gasteiger partial charge in [-0.25, -0.2) is 14.4 Å². The molecule has 4 rings (SSSR count). The number of piperidine rings is 1. The molecule has 9 heteroatoms. The zero-order valence-electron chi connectivity index (χ0n) is 19.1. The Balaban J connectivity index is 1.34. The van der Waals surface area contributed by atoms with Gasteiger partial charge in [-0.05, 0) is 67.6 Å². The van der Waals surface area contributed by atoms with Crippen LogP contribution in [0.1, 0.15) is 31.0 Å². The fourth-order valence-corrected chi connectivity index (χ4v) is 5.44. The molecule has 0 radical (unpaired) electrons. The summed E-state index contributed by atoms with van der Waals surface area (Å²) in [5.74, 6) is 0.167. The molecule has 180 valence electrons. The molecule has 1 fully saturated rings. The Hall–Kier alpha value is -2.78. The molecule has 3 heterocycles. The SMILES string of the molecule is COc1ccc2nccc([C@@H](F)CC[C@@H]3CCN(CCSc4ccncn4)C[C@@H]3C(=O)O)c2c1. The highest BCUT2D eigenvalue weighted by Gasteiger charge is 2.34. The molecule has 0 saturated carbocycles. The van der Waals surface area contributed by atoms with Gasteiger partial charge in [0.05, 0.1) is 23.6 Å². The first-order valence-corrected chi connectivity index (χ1v) is 12.4. The van der Waals surface area contributed by atoms with E-state index in [0.29, 0.717) is 24.3 Å². The molecule has 1 aliphatic heterocycles. The summed E-state index contributed by atoms with van der Waals surface area (Å²) in [6, 6.07) is 9.01. The Morgan fingerprint density at radius 2 is 2.18 bits per heavy atom. The smallest absolute Gasteiger partial charge is 0.308 e. The number of pyridine rings is 1. The highest BCUT2D eigenvalue weighted by Crippen LogP contribution is 2.35. The average molecular weight is 485 g/mol. The maximum absolute atomic E-state index is 15.3. The molecule has 1 aromatic carbocycles. The number of aliphatic carboxylic acids is 1. The molecular formula is C25H29FN4O3S. The number of carboxylic acids is 1. The Kier molecular flexibility index (Phi) is 8.29. The van der Waals surface area contributed by atoms with Crippen LogP contribution in [0.25, 0.3) is 10.9 Å². The van der Waals surface area contributed by atoms with E-state index >= 15 is 4.39 Å². The normalized spacial score (nSPS) is 19.7. The minimum Gasteiger partial charge on any atom is -0.497 e. The van der Waals surface area contributed by atoms with Crippen LogP contribution >= 0.6 is 11.8 Å². The number of alkyl halides is 1. The number of methoxy groups -OCH3 is 1. The summed E-state index contributed by atoms with van der Waals surface area (Å²) in [6.45, 7) is 2.11. The first-order valence-electron chi connectivity index (χ1n) is 11.5. The number of nitrogens with zero attached hydrogens (tertiary/aromatic N) is 4. The molecule has 0 bridgehead atoms. The number of aromatic nitrogens is 3. The summed E-state index contributed by atoms with van der Waals surface area (Å²) in [4.78, 5) is 26.6. The summed E-state index contributed by atoms with van der Waals surface area (Å²) in [6.07, 6.45) is 5.25. The van der Waals surface area contributed by atoms with Crippen LogP contribution in [-0.4, -0.2) is 63.4 Å². The molecule has 0 aliphatic carbocycles. The van der Waals surface area contributed by atoms with Crippen LogP contribution in [0.2, 0.25) is 0 Å². The van der Waals surface area contributed by atoms with Crippen molar-refractivity contribution < 1.29 is 19.0 Å². The van der Waals surface area contributed by atoms with Crippen LogP contribution in [-0.2, 0) is 4.79 Å². The third kappa shape index (κ3) is 6.01. The van der Waals surface area contributed by atoms with Gasteiger partial charge in [0.1, 0.15) is 18.2 Å². The van der Waals surface area contributed by atoms with Crippen LogP contribution < -0.4 is 4.74 Å². The van der Waals surface area contributed by atoms with Crippen molar-refractivity contribution >= 4 is 28.6 Å². The second-order valence-electron chi connectivity index (χ2n) is 8.52. The fraction of sp³-hybridized carbons (Fsp3) is 0.440. The molecule has 0 spiro atoms. The highest BCUT2D eigenvalue weighted by atomic mass is 32.2. The van der Waals surface area contributed by atoms with Gasteiger partial charge >= 0.3 is 5.97 Å². The number of carbonyl (C=O) groups is 1. The molecule has 2 aromatic heterocycles. The van der Waals surface area contributed by atoms with Gasteiger partial charge in [0.2, 0.25) is 0 Å². The third-order valence-corrected chi connectivity index (χ3v) is 7.40. The van der Waals surface area contributed by atoms with E-state index < -0.39 is 18.1 Å². The zero-order chi connectivity index (χ0) is 23.9. The van der Waals surface area contributed by atoms with Crippen LogP contribution in [0.5, 0.6) is 5.75 Å². The number of fused-ring (bicyclic) bond motifs is 1. The van der Waals surface area contributed by atoms with Gasteiger partial charge in [-0.1, -0.05) is 0 Å². The van der Waals surface area contributed by atoms with Crippen LogP contribution in [0.3, 0.4) is 0 Å². The quantitative estimate of drug-likeness (QED) is 0.329. The molecule has 1 aliphatic rings. The van der Waals surface area contributed by atoms with Crippen molar-refractivity contribution in [2.24, 2.45) is 11.8 Å². The molecular weight excluding hydrogens is 455 g/mol. The third-order valence-electron chi connectivity index (χ3n) is 6.48. The summed E-state index contributed by atoms with van der Waals surface area (Å²) in [5, 5.41) is 11.5. The first kappa shape index (κ1) is 24.3. The number of halogens is 1. The number of benzene rings is 1. The highest BCUT2D eigenvalue weighted by molar-refractivity contribution is 7.99. The number of hydrogen-bond donors (Lipinski definition) is 1. The lowest BCUT2D eigenvalue weighted by atomic mass is 9.81. The predicted molar refractivity (Wildman–Crippen MR) is 130 cm³/mol. The van der Waals surface area contributed by atoms with E-state index in [1.54, 1.807) is 37.3 Å². The van der Waals surface area contributed by atoms with Gasteiger partial charge in [0, 0.05) is 36.6 Å². The zero-order valence-corrected chi connectivity index (χ0v) is 20.0. The van der Waals surface area contributed by atoms with Crippen LogP contribution in [0.4, 0.5) is 4.39 Å². The standard InChI is InChI=1S/C25H29FN4O3S/c1-33-18-3-5-23-20(14-18)19(6-10-28-23)22(26)4-2-17-8-11-30(15-21(17)25(31)32)12-13-34-24-7-9-27-16-29-24/h3,5-7,9-10,14,16-17,21-22H,2,4,8,11-13,15H2,1H3,(H,31,32)/t17-,21+,22+/m1/s1. The maximum atomic E-state index is 15.3. The van der Waals surface area contributed by atoms with Gasteiger partial charge in [-0.2, -0.15) is 0 Å². The Morgan fingerprint density at radius 3 is 2.94 bits per heavy atom. The van der Waals surface area contributed by atoms with Gasteiger partial charge in [-0.15, -0.1) is 11.8 Å². The molecule has 7 nitrogen and oxygen atoms in total. The summed E-state index contributed by atoms with van der Waals surface area (Å²) in [7, 11) is 1.58. The minimum absolute atomic E-state index is 0.0378. The van der Waals surface area contributed by atoms with Crippen molar-refractivity contribution in [3.63, 3.8) is 0 Å². The Labute approximate surface area is 202 Å². The van der Waals surface area contributed by atoms with E-state index in [2.05, 4.69) is 19.9 Å². The van der Waals surface area contributed by atoms with Gasteiger partial charge in [-0.3, -0.25) is 9.78 Å². The summed E-state index contributed by atoms with van der Waals surface area (Å²) >= 11 is 1.64. The first-order chi connectivity index (χ1) is 16.5. The van der Waals surface area contributed by atoms with Crippen molar-refractivity contribution in [1.29, 1.82) is 0 Å². The lowest BCUT2D eigenvalue weighted by Crippen LogP contribution is -2.44. The van der Waals surface area contributed by atoms with E-state index in [4.69, 9.17) is 4.74 Å². The maximum Gasteiger partial charge on any atom is 0.308 e. The number of ether oxygens (including phenoxy) is 1. The topological polar surface area (TPSA) is 88.4 Å². The van der Waals surface area contributed by atoms with Gasteiger partial charge in [0.25, 0.3) is 0 Å². The Bertz CT molecular complexity index is 1100. The van der Waals surface area contributed by atoms with E-state index in [1.807, 2.05) is 24.3 Å². The molecule has 3 atom stereocenters. The van der Waals surface area contributed by atoms with Crippen molar-refractivity contribution in [1.82, 2.24) is 19.9 Å². The summed E-state index contributed by atoms with van der Waals surface area (Å²) in [5.41, 5.74) is 1.30. The van der Waals surface area contributed by atoms with Crippen molar-refractivity contribution in [3.8, 4) is 5.75 Å². The van der Waals surface area contributed by atoms with E-state index in [1.165, 1.54) is 6.33 Å². The molecule has 0 amide bonds. The molecule has 1 saturated heterocycles. The lowest BCUT2D eigenvalue weighted by molar-refractivity contribution is -0.146. The minimum atomic E-state index is -1.19. The predicted octanol–water partition coefficient (Wildman–Crippen LogP) is 4.64. The Morgan fingerprint density at radius 1 is 1.29 bits per heavy atom. The largest absolute Gasteiger partial charge is 0.497 e. The summed E-state index contributed by atoms with van der Waals surface area (Å²) < 4.78 is 20.6. The van der Waals surface area contributed by atoms with Crippen molar-refractivity contribution in [3.05, 3.63) is 54.6 Å². The average Bonchev–Trinajstić information content (AvgIpc) is 2.87. The van der Waals surface area contributed by atoms with Crippen molar-refractivity contribution in [2.75, 3.05) is 32.5 Å². The number of hydrogen-bond acceptors (Lipinski definition) is 7. The number of thioether (sulfide) groups is 1. The van der Waals surface area contributed by atoms with Crippen LogP contribution in [0, 0.1) is 11.8 Å². The number of carboxylic acid groups (broad SMARTS) is 1. The second-order valence-corrected chi connectivity index (χ2v) is 9.63.